The maximum absolute atomic E-state index is 13.3. The molecule has 1 aromatic rings. The molecular weight excluding hydrogens is 209 g/mol. The van der Waals surface area contributed by atoms with Gasteiger partial charge in [0.25, 0.3) is 0 Å². The van der Waals surface area contributed by atoms with Crippen LogP contribution in [0, 0.1) is 5.82 Å². The van der Waals surface area contributed by atoms with Crippen molar-refractivity contribution in [2.24, 2.45) is 0 Å². The molecule has 1 amide bonds. The average molecular weight is 225 g/mol. The van der Waals surface area contributed by atoms with Crippen LogP contribution in [0.1, 0.15) is 25.3 Å². The van der Waals surface area contributed by atoms with E-state index in [1.165, 1.54) is 12.1 Å². The summed E-state index contributed by atoms with van der Waals surface area (Å²) in [6, 6.07) is 3.97. The summed E-state index contributed by atoms with van der Waals surface area (Å²) >= 11 is 0. The quantitative estimate of drug-likeness (QED) is 0.805. The van der Waals surface area contributed by atoms with E-state index in [9.17, 15) is 9.18 Å². The molecular formula is C12H16FNO2. The van der Waals surface area contributed by atoms with Crippen molar-refractivity contribution in [2.75, 3.05) is 6.54 Å². The van der Waals surface area contributed by atoms with Crippen LogP contribution in [0.15, 0.2) is 18.2 Å². The van der Waals surface area contributed by atoms with Crippen LogP contribution in [0.25, 0.3) is 0 Å². The highest BCUT2D eigenvalue weighted by Crippen LogP contribution is 2.16. The van der Waals surface area contributed by atoms with E-state index in [0.717, 1.165) is 12.5 Å². The van der Waals surface area contributed by atoms with Gasteiger partial charge in [0.2, 0.25) is 5.91 Å². The molecule has 0 bridgehead atoms. The number of rotatable bonds is 5. The Balaban J connectivity index is 2.45. The molecule has 0 spiro atoms. The van der Waals surface area contributed by atoms with Crippen molar-refractivity contribution in [3.63, 3.8) is 0 Å². The third-order valence-corrected chi connectivity index (χ3v) is 2.23. The van der Waals surface area contributed by atoms with Gasteiger partial charge in [-0.3, -0.25) is 4.79 Å². The van der Waals surface area contributed by atoms with Crippen LogP contribution in [0.3, 0.4) is 0 Å². The topological polar surface area (TPSA) is 49.3 Å². The van der Waals surface area contributed by atoms with Crippen molar-refractivity contribution < 1.29 is 14.3 Å². The minimum Gasteiger partial charge on any atom is -0.508 e. The first-order valence-corrected chi connectivity index (χ1v) is 5.37. The predicted molar refractivity (Wildman–Crippen MR) is 59.7 cm³/mol. The van der Waals surface area contributed by atoms with E-state index in [2.05, 4.69) is 5.32 Å². The van der Waals surface area contributed by atoms with Crippen LogP contribution >= 0.6 is 0 Å². The minimum absolute atomic E-state index is 0.0747. The monoisotopic (exact) mass is 225 g/mol. The molecule has 0 heterocycles. The Morgan fingerprint density at radius 3 is 2.88 bits per heavy atom. The molecule has 1 rings (SSSR count). The number of benzene rings is 1. The number of carbonyl (C=O) groups is 1. The maximum atomic E-state index is 13.3. The zero-order valence-corrected chi connectivity index (χ0v) is 9.29. The van der Waals surface area contributed by atoms with E-state index in [4.69, 9.17) is 5.11 Å². The minimum atomic E-state index is -0.469. The predicted octanol–water partition coefficient (Wildman–Crippen LogP) is 1.99. The molecule has 4 heteroatoms. The van der Waals surface area contributed by atoms with E-state index in [1.54, 1.807) is 0 Å². The first kappa shape index (κ1) is 12.5. The highest BCUT2D eigenvalue weighted by Gasteiger charge is 2.06. The van der Waals surface area contributed by atoms with Gasteiger partial charge >= 0.3 is 0 Å². The smallest absolute Gasteiger partial charge is 0.220 e. The fourth-order valence-corrected chi connectivity index (χ4v) is 1.34. The number of hydrogen-bond acceptors (Lipinski definition) is 2. The second-order valence-electron chi connectivity index (χ2n) is 3.63. The lowest BCUT2D eigenvalue weighted by Gasteiger charge is -2.05. The van der Waals surface area contributed by atoms with Gasteiger partial charge in [-0.25, -0.2) is 4.39 Å². The lowest BCUT2D eigenvalue weighted by Crippen LogP contribution is -2.24. The maximum Gasteiger partial charge on any atom is 0.220 e. The Bertz CT molecular complexity index is 366. The number of aryl methyl sites for hydroxylation is 1. The zero-order valence-electron chi connectivity index (χ0n) is 9.29. The summed E-state index contributed by atoms with van der Waals surface area (Å²) in [6.45, 7) is 2.62. The molecule has 0 radical (unpaired) electrons. The van der Waals surface area contributed by atoms with E-state index in [-0.39, 0.29) is 18.1 Å². The average Bonchev–Trinajstić information content (AvgIpc) is 2.25. The third kappa shape index (κ3) is 3.88. The molecule has 0 aromatic heterocycles. The van der Waals surface area contributed by atoms with Gasteiger partial charge < -0.3 is 10.4 Å². The molecule has 0 fully saturated rings. The second kappa shape index (κ2) is 6.10. The van der Waals surface area contributed by atoms with Crippen molar-refractivity contribution in [3.05, 3.63) is 29.6 Å². The van der Waals surface area contributed by atoms with Crippen molar-refractivity contribution in [2.45, 2.75) is 26.2 Å². The number of amides is 1. The molecule has 88 valence electrons. The summed E-state index contributed by atoms with van der Waals surface area (Å²) < 4.78 is 13.3. The van der Waals surface area contributed by atoms with Gasteiger partial charge in [-0.1, -0.05) is 13.0 Å². The number of hydrogen-bond donors (Lipinski definition) is 2. The molecule has 0 aliphatic heterocycles. The lowest BCUT2D eigenvalue weighted by molar-refractivity contribution is -0.121. The van der Waals surface area contributed by atoms with Gasteiger partial charge in [0.05, 0.1) is 0 Å². The van der Waals surface area contributed by atoms with Crippen molar-refractivity contribution in [3.8, 4) is 5.75 Å². The number of aromatic hydroxyl groups is 1. The summed E-state index contributed by atoms with van der Waals surface area (Å²) in [5, 5.41) is 11.7. The lowest BCUT2D eigenvalue weighted by atomic mass is 10.1. The fraction of sp³-hybridized carbons (Fsp3) is 0.417. The summed E-state index contributed by atoms with van der Waals surface area (Å²) in [5.41, 5.74) is 0.449. The van der Waals surface area contributed by atoms with Gasteiger partial charge in [0, 0.05) is 19.0 Å². The molecule has 0 saturated carbocycles. The standard InChI is InChI=1S/C12H16FNO2/c1-2-7-14-12(16)6-4-9-3-5-10(15)8-11(9)13/h3,5,8,15H,2,4,6-7H2,1H3,(H,14,16). The highest BCUT2D eigenvalue weighted by atomic mass is 19.1. The Labute approximate surface area is 94.3 Å². The Morgan fingerprint density at radius 1 is 1.50 bits per heavy atom. The SMILES string of the molecule is CCCNC(=O)CCc1ccc(O)cc1F. The van der Waals surface area contributed by atoms with Crippen molar-refractivity contribution in [1.82, 2.24) is 5.32 Å². The molecule has 2 N–H and O–H groups in total. The molecule has 0 aliphatic rings. The molecule has 0 unspecified atom stereocenters. The molecule has 0 saturated heterocycles. The Kier molecular flexibility index (Phi) is 4.76. The molecule has 1 aromatic carbocycles. The van der Waals surface area contributed by atoms with E-state index >= 15 is 0 Å². The van der Waals surface area contributed by atoms with Crippen LogP contribution in [-0.4, -0.2) is 17.6 Å². The molecule has 3 nitrogen and oxygen atoms in total. The van der Waals surface area contributed by atoms with Crippen molar-refractivity contribution >= 4 is 5.91 Å². The number of nitrogens with one attached hydrogen (secondary N) is 1. The van der Waals surface area contributed by atoms with Crippen LogP contribution in [0.4, 0.5) is 4.39 Å². The van der Waals surface area contributed by atoms with Gasteiger partial charge in [-0.15, -0.1) is 0 Å². The Hall–Kier alpha value is -1.58. The molecule has 0 aliphatic carbocycles. The summed E-state index contributed by atoms with van der Waals surface area (Å²) in [4.78, 5) is 11.3. The Morgan fingerprint density at radius 2 is 2.25 bits per heavy atom. The van der Waals surface area contributed by atoms with Gasteiger partial charge in [-0.05, 0) is 24.5 Å². The third-order valence-electron chi connectivity index (χ3n) is 2.23. The second-order valence-corrected chi connectivity index (χ2v) is 3.63. The normalized spacial score (nSPS) is 10.1. The number of phenols is 1. The molecule has 0 atom stereocenters. The first-order valence-electron chi connectivity index (χ1n) is 5.37. The van der Waals surface area contributed by atoms with Crippen LogP contribution < -0.4 is 5.32 Å². The number of carbonyl (C=O) groups excluding carboxylic acids is 1. The number of phenolic OH excluding ortho intramolecular Hbond substituents is 1. The molecule has 16 heavy (non-hydrogen) atoms. The van der Waals surface area contributed by atoms with E-state index in [0.29, 0.717) is 18.5 Å². The summed E-state index contributed by atoms with van der Waals surface area (Å²) in [5.74, 6) is -0.644. The first-order chi connectivity index (χ1) is 7.63. The van der Waals surface area contributed by atoms with Gasteiger partial charge in [0.15, 0.2) is 0 Å². The van der Waals surface area contributed by atoms with Crippen molar-refractivity contribution in [1.29, 1.82) is 0 Å². The van der Waals surface area contributed by atoms with Crippen LogP contribution in [0.5, 0.6) is 5.75 Å². The summed E-state index contributed by atoms with van der Waals surface area (Å²) in [7, 11) is 0. The fourth-order valence-electron chi connectivity index (χ4n) is 1.34. The zero-order chi connectivity index (χ0) is 12.0. The van der Waals surface area contributed by atoms with Crippen LogP contribution in [-0.2, 0) is 11.2 Å². The van der Waals surface area contributed by atoms with E-state index < -0.39 is 5.82 Å². The number of halogens is 1. The summed E-state index contributed by atoms with van der Waals surface area (Å²) in [6.07, 6.45) is 1.50. The van der Waals surface area contributed by atoms with Gasteiger partial charge in [-0.2, -0.15) is 0 Å². The van der Waals surface area contributed by atoms with E-state index in [1.807, 2.05) is 6.92 Å². The highest BCUT2D eigenvalue weighted by molar-refractivity contribution is 5.76. The van der Waals surface area contributed by atoms with Gasteiger partial charge in [0.1, 0.15) is 11.6 Å². The van der Waals surface area contributed by atoms with Crippen LogP contribution in [0.2, 0.25) is 0 Å². The largest absolute Gasteiger partial charge is 0.508 e.